The number of aliphatic hydroxyl groups excluding tert-OH is 1. The van der Waals surface area contributed by atoms with Gasteiger partial charge in [-0.05, 0) is 18.1 Å². The fourth-order valence-corrected chi connectivity index (χ4v) is 1.23. The number of carbonyl (C=O) groups is 1. The summed E-state index contributed by atoms with van der Waals surface area (Å²) >= 11 is 0. The van der Waals surface area contributed by atoms with Gasteiger partial charge in [-0.3, -0.25) is 4.79 Å². The van der Waals surface area contributed by atoms with Gasteiger partial charge in [0.1, 0.15) is 11.6 Å². The van der Waals surface area contributed by atoms with E-state index < -0.39 is 17.8 Å². The molecule has 0 spiro atoms. The molecular formula is C12H16FNO3. The zero-order chi connectivity index (χ0) is 13.0. The van der Waals surface area contributed by atoms with Gasteiger partial charge in [0.2, 0.25) is 5.91 Å². The number of halogens is 1. The normalized spacial score (nSPS) is 12.5. The van der Waals surface area contributed by atoms with Crippen LogP contribution in [0.5, 0.6) is 5.75 Å². The number of aliphatic hydroxyl groups is 1. The Bertz CT molecular complexity index is 407. The van der Waals surface area contributed by atoms with Crippen LogP contribution in [0, 0.1) is 11.7 Å². The fraction of sp³-hybridized carbons (Fsp3) is 0.417. The van der Waals surface area contributed by atoms with Crippen molar-refractivity contribution in [2.75, 3.05) is 5.32 Å². The lowest BCUT2D eigenvalue weighted by molar-refractivity contribution is -0.118. The van der Waals surface area contributed by atoms with Crippen molar-refractivity contribution in [1.82, 2.24) is 0 Å². The summed E-state index contributed by atoms with van der Waals surface area (Å²) in [6.07, 6.45) is -0.840. The second kappa shape index (κ2) is 5.63. The zero-order valence-electron chi connectivity index (χ0n) is 9.77. The molecule has 0 aliphatic rings. The second-order valence-electron chi connectivity index (χ2n) is 4.23. The van der Waals surface area contributed by atoms with Gasteiger partial charge in [0.15, 0.2) is 0 Å². The fourth-order valence-electron chi connectivity index (χ4n) is 1.23. The molecule has 1 unspecified atom stereocenters. The first-order valence-corrected chi connectivity index (χ1v) is 5.36. The van der Waals surface area contributed by atoms with E-state index >= 15 is 0 Å². The Hall–Kier alpha value is -1.62. The molecule has 1 aromatic rings. The van der Waals surface area contributed by atoms with E-state index in [0.29, 0.717) is 0 Å². The molecule has 0 saturated carbocycles. The summed E-state index contributed by atoms with van der Waals surface area (Å²) in [6.45, 7) is 3.58. The molecule has 4 nitrogen and oxygen atoms in total. The molecule has 3 N–H and O–H groups in total. The molecule has 1 rings (SSSR count). The van der Waals surface area contributed by atoms with Crippen LogP contribution in [0.25, 0.3) is 0 Å². The van der Waals surface area contributed by atoms with Gasteiger partial charge in [-0.1, -0.05) is 13.8 Å². The van der Waals surface area contributed by atoms with Crippen LogP contribution in [0.3, 0.4) is 0 Å². The average Bonchev–Trinajstić information content (AvgIpc) is 2.22. The van der Waals surface area contributed by atoms with Crippen LogP contribution in [0.15, 0.2) is 18.2 Å². The summed E-state index contributed by atoms with van der Waals surface area (Å²) in [5.74, 6) is -1.42. The van der Waals surface area contributed by atoms with Crippen molar-refractivity contribution in [3.63, 3.8) is 0 Å². The molecule has 0 aromatic heterocycles. The standard InChI is InChI=1S/C12H16FNO3/c1-7(2)11(16)6-12(17)14-10-4-3-8(15)5-9(10)13/h3-5,7,11,15-16H,6H2,1-2H3,(H,14,17). The van der Waals surface area contributed by atoms with Crippen LogP contribution < -0.4 is 5.32 Å². The highest BCUT2D eigenvalue weighted by Gasteiger charge is 2.15. The Morgan fingerprint density at radius 1 is 1.47 bits per heavy atom. The number of carbonyl (C=O) groups excluding carboxylic acids is 1. The van der Waals surface area contributed by atoms with E-state index in [2.05, 4.69) is 5.32 Å². The number of amides is 1. The van der Waals surface area contributed by atoms with Gasteiger partial charge < -0.3 is 15.5 Å². The molecule has 1 aromatic carbocycles. The molecule has 0 radical (unpaired) electrons. The number of anilines is 1. The first-order chi connectivity index (χ1) is 7.90. The highest BCUT2D eigenvalue weighted by molar-refractivity contribution is 5.91. The van der Waals surface area contributed by atoms with E-state index in [1.54, 1.807) is 13.8 Å². The first-order valence-electron chi connectivity index (χ1n) is 5.36. The molecule has 17 heavy (non-hydrogen) atoms. The van der Waals surface area contributed by atoms with Crippen molar-refractivity contribution in [1.29, 1.82) is 0 Å². The number of phenols is 1. The molecule has 0 aliphatic heterocycles. The maximum absolute atomic E-state index is 13.3. The van der Waals surface area contributed by atoms with E-state index in [1.165, 1.54) is 12.1 Å². The number of hydrogen-bond acceptors (Lipinski definition) is 3. The van der Waals surface area contributed by atoms with Gasteiger partial charge in [0, 0.05) is 6.07 Å². The van der Waals surface area contributed by atoms with Crippen LogP contribution >= 0.6 is 0 Å². The lowest BCUT2D eigenvalue weighted by atomic mass is 10.0. The number of hydrogen-bond donors (Lipinski definition) is 3. The molecule has 0 heterocycles. The molecule has 0 saturated heterocycles. The molecule has 0 aliphatic carbocycles. The molecule has 0 fully saturated rings. The van der Waals surface area contributed by atoms with Crippen molar-refractivity contribution in [3.8, 4) is 5.75 Å². The van der Waals surface area contributed by atoms with Crippen LogP contribution in [-0.2, 0) is 4.79 Å². The number of benzene rings is 1. The van der Waals surface area contributed by atoms with Crippen molar-refractivity contribution < 1.29 is 19.4 Å². The summed E-state index contributed by atoms with van der Waals surface area (Å²) in [5, 5.41) is 20.8. The highest BCUT2D eigenvalue weighted by atomic mass is 19.1. The predicted molar refractivity (Wildman–Crippen MR) is 62.2 cm³/mol. The molecule has 5 heteroatoms. The first kappa shape index (κ1) is 13.4. The Labute approximate surface area is 99.1 Å². The van der Waals surface area contributed by atoms with Crippen molar-refractivity contribution in [2.45, 2.75) is 26.4 Å². The van der Waals surface area contributed by atoms with Gasteiger partial charge in [0.25, 0.3) is 0 Å². The second-order valence-corrected chi connectivity index (χ2v) is 4.23. The minimum atomic E-state index is -0.754. The number of aromatic hydroxyl groups is 1. The summed E-state index contributed by atoms with van der Waals surface area (Å²) in [7, 11) is 0. The van der Waals surface area contributed by atoms with Gasteiger partial charge in [-0.15, -0.1) is 0 Å². The minimum absolute atomic E-state index is 0.0104. The van der Waals surface area contributed by atoms with Crippen molar-refractivity contribution >= 4 is 11.6 Å². The van der Waals surface area contributed by atoms with Crippen molar-refractivity contribution in [2.24, 2.45) is 5.92 Å². The van der Waals surface area contributed by atoms with Crippen LogP contribution in [0.2, 0.25) is 0 Å². The summed E-state index contributed by atoms with van der Waals surface area (Å²) < 4.78 is 13.3. The monoisotopic (exact) mass is 241 g/mol. The van der Waals surface area contributed by atoms with E-state index in [-0.39, 0.29) is 23.8 Å². The smallest absolute Gasteiger partial charge is 0.227 e. The largest absolute Gasteiger partial charge is 0.508 e. The SMILES string of the molecule is CC(C)C(O)CC(=O)Nc1ccc(O)cc1F. The minimum Gasteiger partial charge on any atom is -0.508 e. The zero-order valence-corrected chi connectivity index (χ0v) is 9.77. The molecule has 94 valence electrons. The number of nitrogens with one attached hydrogen (secondary N) is 1. The van der Waals surface area contributed by atoms with E-state index in [0.717, 1.165) is 6.07 Å². The number of phenolic OH excluding ortho intramolecular Hbond substituents is 1. The summed E-state index contributed by atoms with van der Waals surface area (Å²) in [5.41, 5.74) is -0.0104. The maximum Gasteiger partial charge on any atom is 0.227 e. The molecule has 0 bridgehead atoms. The molecular weight excluding hydrogens is 225 g/mol. The third-order valence-corrected chi connectivity index (χ3v) is 2.39. The van der Waals surface area contributed by atoms with Crippen molar-refractivity contribution in [3.05, 3.63) is 24.0 Å². The molecule has 1 atom stereocenters. The third kappa shape index (κ3) is 4.03. The van der Waals surface area contributed by atoms with E-state index in [9.17, 15) is 14.3 Å². The Morgan fingerprint density at radius 3 is 2.65 bits per heavy atom. The summed E-state index contributed by atoms with van der Waals surface area (Å²) in [6, 6.07) is 3.45. The lowest BCUT2D eigenvalue weighted by Crippen LogP contribution is -2.24. The van der Waals surface area contributed by atoms with Gasteiger partial charge >= 0.3 is 0 Å². The highest BCUT2D eigenvalue weighted by Crippen LogP contribution is 2.19. The van der Waals surface area contributed by atoms with Gasteiger partial charge in [-0.25, -0.2) is 4.39 Å². The lowest BCUT2D eigenvalue weighted by Gasteiger charge is -2.14. The Kier molecular flexibility index (Phi) is 4.45. The quantitative estimate of drug-likeness (QED) is 0.705. The average molecular weight is 241 g/mol. The van der Waals surface area contributed by atoms with Gasteiger partial charge in [-0.2, -0.15) is 0 Å². The predicted octanol–water partition coefficient (Wildman–Crippen LogP) is 1.88. The van der Waals surface area contributed by atoms with E-state index in [4.69, 9.17) is 5.11 Å². The van der Waals surface area contributed by atoms with Crippen LogP contribution in [0.1, 0.15) is 20.3 Å². The van der Waals surface area contributed by atoms with E-state index in [1.807, 2.05) is 0 Å². The Morgan fingerprint density at radius 2 is 2.12 bits per heavy atom. The third-order valence-electron chi connectivity index (χ3n) is 2.39. The summed E-state index contributed by atoms with van der Waals surface area (Å²) in [4.78, 5) is 11.5. The number of rotatable bonds is 4. The van der Waals surface area contributed by atoms with Crippen LogP contribution in [-0.4, -0.2) is 22.2 Å². The van der Waals surface area contributed by atoms with Crippen LogP contribution in [0.4, 0.5) is 10.1 Å². The topological polar surface area (TPSA) is 69.6 Å². The Balaban J connectivity index is 2.62. The molecule has 1 amide bonds. The van der Waals surface area contributed by atoms with Gasteiger partial charge in [0.05, 0.1) is 18.2 Å². The maximum atomic E-state index is 13.3.